The number of aromatic nitrogens is 3. The van der Waals surface area contributed by atoms with Crippen LogP contribution < -0.4 is 4.74 Å². The van der Waals surface area contributed by atoms with Crippen molar-refractivity contribution in [1.29, 1.82) is 0 Å². The normalized spacial score (nSPS) is 17.2. The minimum Gasteiger partial charge on any atom is -0.456 e. The Labute approximate surface area is 353 Å². The van der Waals surface area contributed by atoms with Crippen LogP contribution in [0.5, 0.6) is 11.5 Å². The van der Waals surface area contributed by atoms with Gasteiger partial charge in [0, 0.05) is 55.9 Å². The van der Waals surface area contributed by atoms with Crippen LogP contribution in [0.15, 0.2) is 206 Å². The molecule has 1 spiro atoms. The van der Waals surface area contributed by atoms with E-state index in [9.17, 15) is 0 Å². The lowest BCUT2D eigenvalue weighted by Crippen LogP contribution is -2.32. The van der Waals surface area contributed by atoms with Crippen molar-refractivity contribution in [2.75, 3.05) is 0 Å². The summed E-state index contributed by atoms with van der Waals surface area (Å²) in [5.41, 5.74) is 14.1. The van der Waals surface area contributed by atoms with Gasteiger partial charge in [-0.25, -0.2) is 9.97 Å². The second-order valence-electron chi connectivity index (χ2n) is 16.4. The van der Waals surface area contributed by atoms with Gasteiger partial charge in [0.1, 0.15) is 11.5 Å². The first kappa shape index (κ1) is 34.1. The van der Waals surface area contributed by atoms with Gasteiger partial charge in [0.25, 0.3) is 0 Å². The standard InChI is InChI=1S/C57H37N3O/c1-2-17-37(18-3-1)49-35-50(59-56(58-49)38-19-14-20-39(34-38)60-51-29-11-7-22-41(51)42-23-8-12-30-52(42)60)44-25-15-28-47-54(44)43-24-6-9-26-45(43)57(47)46-27-10-13-31-53(46)61-55-40-21-5-4-16-36(40)32-33-48(55)57/h1-33,35,39H,34H2. The summed E-state index contributed by atoms with van der Waals surface area (Å²) in [5.74, 6) is 2.54. The fourth-order valence-electron chi connectivity index (χ4n) is 10.7. The Morgan fingerprint density at radius 3 is 2.02 bits per heavy atom. The quantitative estimate of drug-likeness (QED) is 0.179. The molecule has 0 amide bonds. The molecule has 2 aromatic heterocycles. The summed E-state index contributed by atoms with van der Waals surface area (Å²) in [7, 11) is 0. The maximum atomic E-state index is 6.92. The van der Waals surface area contributed by atoms with Crippen molar-refractivity contribution in [3.63, 3.8) is 0 Å². The van der Waals surface area contributed by atoms with Crippen LogP contribution in [-0.2, 0) is 5.41 Å². The summed E-state index contributed by atoms with van der Waals surface area (Å²) >= 11 is 0. The molecule has 2 atom stereocenters. The lowest BCUT2D eigenvalue weighted by atomic mass is 9.65. The smallest absolute Gasteiger partial charge is 0.156 e. The van der Waals surface area contributed by atoms with Crippen LogP contribution in [0.1, 0.15) is 40.5 Å². The van der Waals surface area contributed by atoms with E-state index in [2.05, 4.69) is 211 Å². The van der Waals surface area contributed by atoms with E-state index in [1.54, 1.807) is 0 Å². The number of ether oxygens (including phenoxy) is 1. The lowest BCUT2D eigenvalue weighted by Gasteiger charge is -2.39. The van der Waals surface area contributed by atoms with Gasteiger partial charge in [-0.3, -0.25) is 0 Å². The van der Waals surface area contributed by atoms with Gasteiger partial charge in [0.2, 0.25) is 0 Å². The number of hydrogen-bond donors (Lipinski definition) is 0. The van der Waals surface area contributed by atoms with Crippen LogP contribution >= 0.6 is 0 Å². The molecule has 8 aromatic carbocycles. The molecule has 0 N–H and O–H groups in total. The molecule has 2 unspecified atom stereocenters. The largest absolute Gasteiger partial charge is 0.456 e. The SMILES string of the molecule is C1=CC(n2c3ccccc3c3ccccc32)CC(c2nc(-c3ccccc3)cc(-c3cccc4c3-c3ccccc3C43c4ccccc4Oc4c3ccc3ccccc43)n2)=C1. The van der Waals surface area contributed by atoms with E-state index in [4.69, 9.17) is 14.7 Å². The highest BCUT2D eigenvalue weighted by atomic mass is 16.5. The lowest BCUT2D eigenvalue weighted by molar-refractivity contribution is 0.441. The molecule has 3 heterocycles. The minimum absolute atomic E-state index is 0.0923. The zero-order valence-electron chi connectivity index (χ0n) is 33.2. The molecule has 13 rings (SSSR count). The van der Waals surface area contributed by atoms with Crippen LogP contribution in [0.3, 0.4) is 0 Å². The summed E-state index contributed by atoms with van der Waals surface area (Å²) in [6.07, 6.45) is 7.47. The number of fused-ring (bicyclic) bond motifs is 14. The molecule has 4 heteroatoms. The van der Waals surface area contributed by atoms with Crippen LogP contribution in [0.2, 0.25) is 0 Å². The number of benzene rings is 8. The highest BCUT2D eigenvalue weighted by Crippen LogP contribution is 2.64. The fraction of sp³-hybridized carbons (Fsp3) is 0.0526. The summed E-state index contributed by atoms with van der Waals surface area (Å²) in [5, 5.41) is 4.81. The van der Waals surface area contributed by atoms with Gasteiger partial charge < -0.3 is 9.30 Å². The summed E-state index contributed by atoms with van der Waals surface area (Å²) in [6.45, 7) is 0. The van der Waals surface area contributed by atoms with E-state index in [0.29, 0.717) is 0 Å². The molecule has 0 bridgehead atoms. The van der Waals surface area contributed by atoms with Gasteiger partial charge in [0.05, 0.1) is 22.8 Å². The Balaban J connectivity index is 1.03. The Morgan fingerprint density at radius 1 is 0.525 bits per heavy atom. The number of para-hydroxylation sites is 3. The minimum atomic E-state index is -0.611. The third-order valence-corrected chi connectivity index (χ3v) is 13.2. The zero-order chi connectivity index (χ0) is 40.1. The Kier molecular flexibility index (Phi) is 7.31. The summed E-state index contributed by atoms with van der Waals surface area (Å²) in [4.78, 5) is 10.9. The molecule has 0 radical (unpaired) electrons. The second kappa shape index (κ2) is 13.1. The first-order valence-electron chi connectivity index (χ1n) is 21.1. The topological polar surface area (TPSA) is 39.9 Å². The molecule has 4 nitrogen and oxygen atoms in total. The van der Waals surface area contributed by atoms with E-state index in [1.807, 2.05) is 0 Å². The van der Waals surface area contributed by atoms with E-state index in [0.717, 1.165) is 73.7 Å². The highest BCUT2D eigenvalue weighted by Gasteiger charge is 2.52. The van der Waals surface area contributed by atoms with Gasteiger partial charge in [-0.2, -0.15) is 0 Å². The Hall–Kier alpha value is -7.82. The van der Waals surface area contributed by atoms with E-state index < -0.39 is 5.41 Å². The Morgan fingerprint density at radius 2 is 1.18 bits per heavy atom. The first-order valence-corrected chi connectivity index (χ1v) is 21.1. The molecule has 2 aliphatic carbocycles. The van der Waals surface area contributed by atoms with Gasteiger partial charge in [-0.05, 0) is 57.5 Å². The van der Waals surface area contributed by atoms with Crippen LogP contribution in [0.25, 0.3) is 71.8 Å². The van der Waals surface area contributed by atoms with E-state index >= 15 is 0 Å². The van der Waals surface area contributed by atoms with Gasteiger partial charge in [-0.15, -0.1) is 0 Å². The number of rotatable bonds is 4. The van der Waals surface area contributed by atoms with Crippen molar-refractivity contribution in [2.24, 2.45) is 0 Å². The van der Waals surface area contributed by atoms with Crippen molar-refractivity contribution in [3.05, 3.63) is 234 Å². The van der Waals surface area contributed by atoms with Gasteiger partial charge in [0.15, 0.2) is 5.82 Å². The van der Waals surface area contributed by atoms with Crippen molar-refractivity contribution in [1.82, 2.24) is 14.5 Å². The average Bonchev–Trinajstić information content (AvgIpc) is 3.83. The molecular weight excluding hydrogens is 743 g/mol. The molecule has 1 aliphatic heterocycles. The number of hydrogen-bond acceptors (Lipinski definition) is 3. The summed E-state index contributed by atoms with van der Waals surface area (Å²) in [6, 6.07) is 67.7. The van der Waals surface area contributed by atoms with Crippen molar-refractivity contribution < 1.29 is 4.74 Å². The molecular formula is C57H37N3O. The average molecular weight is 780 g/mol. The molecule has 0 saturated carbocycles. The molecule has 286 valence electrons. The molecule has 10 aromatic rings. The van der Waals surface area contributed by atoms with Crippen LogP contribution in [0.4, 0.5) is 0 Å². The number of allylic oxidation sites excluding steroid dienone is 4. The zero-order valence-corrected chi connectivity index (χ0v) is 33.2. The predicted octanol–water partition coefficient (Wildman–Crippen LogP) is 14.1. The maximum absolute atomic E-state index is 6.92. The molecule has 3 aliphatic rings. The van der Waals surface area contributed by atoms with Crippen molar-refractivity contribution in [3.8, 4) is 45.1 Å². The molecule has 61 heavy (non-hydrogen) atoms. The third kappa shape index (κ3) is 4.87. The molecule has 0 saturated heterocycles. The van der Waals surface area contributed by atoms with Gasteiger partial charge >= 0.3 is 0 Å². The van der Waals surface area contributed by atoms with E-state index in [1.165, 1.54) is 44.1 Å². The van der Waals surface area contributed by atoms with Gasteiger partial charge in [-0.1, -0.05) is 182 Å². The molecule has 0 fully saturated rings. The maximum Gasteiger partial charge on any atom is 0.156 e. The predicted molar refractivity (Wildman–Crippen MR) is 248 cm³/mol. The second-order valence-corrected chi connectivity index (χ2v) is 16.4. The monoisotopic (exact) mass is 779 g/mol. The van der Waals surface area contributed by atoms with Crippen LogP contribution in [-0.4, -0.2) is 14.5 Å². The fourth-order valence-corrected chi connectivity index (χ4v) is 10.7. The van der Waals surface area contributed by atoms with Crippen molar-refractivity contribution in [2.45, 2.75) is 17.9 Å². The highest BCUT2D eigenvalue weighted by molar-refractivity contribution is 6.08. The van der Waals surface area contributed by atoms with E-state index in [-0.39, 0.29) is 6.04 Å². The summed E-state index contributed by atoms with van der Waals surface area (Å²) < 4.78 is 9.41. The van der Waals surface area contributed by atoms with Crippen LogP contribution in [0, 0.1) is 0 Å². The Bertz CT molecular complexity index is 3450. The van der Waals surface area contributed by atoms with Crippen molar-refractivity contribution >= 4 is 38.2 Å². The number of nitrogens with zero attached hydrogens (tertiary/aromatic N) is 3. The first-order chi connectivity index (χ1) is 30.3. The third-order valence-electron chi connectivity index (χ3n) is 13.2.